The van der Waals surface area contributed by atoms with Gasteiger partial charge in [-0.2, -0.15) is 0 Å². The van der Waals surface area contributed by atoms with Crippen LogP contribution in [0.1, 0.15) is 63.0 Å². The molecule has 3 fully saturated rings. The lowest BCUT2D eigenvalue weighted by atomic mass is 9.88. The van der Waals surface area contributed by atoms with Crippen LogP contribution in [0.25, 0.3) is 0 Å². The Hall–Kier alpha value is -1.39. The summed E-state index contributed by atoms with van der Waals surface area (Å²) in [5, 5.41) is 3.08. The van der Waals surface area contributed by atoms with Crippen LogP contribution in [0.15, 0.2) is 24.3 Å². The largest absolute Gasteiger partial charge is 0.353 e. The first-order chi connectivity index (χ1) is 14.2. The Bertz CT molecular complexity index is 639. The van der Waals surface area contributed by atoms with Gasteiger partial charge < -0.3 is 15.1 Å². The fraction of sp³-hybridized carbons (Fsp3) is 0.720. The lowest BCUT2D eigenvalue weighted by Crippen LogP contribution is -2.47. The lowest BCUT2D eigenvalue weighted by molar-refractivity contribution is -0.121. The Labute approximate surface area is 177 Å². The van der Waals surface area contributed by atoms with Crippen LogP contribution in [0.2, 0.25) is 0 Å². The van der Waals surface area contributed by atoms with E-state index in [1.165, 1.54) is 76.0 Å². The quantitative estimate of drug-likeness (QED) is 0.727. The van der Waals surface area contributed by atoms with Crippen molar-refractivity contribution in [2.45, 2.75) is 76.8 Å². The summed E-state index contributed by atoms with van der Waals surface area (Å²) in [7, 11) is 0. The highest BCUT2D eigenvalue weighted by Gasteiger charge is 2.28. The maximum atomic E-state index is 11.9. The second-order valence-corrected chi connectivity index (χ2v) is 9.51. The first-order valence-electron chi connectivity index (χ1n) is 12.0. The zero-order valence-electron chi connectivity index (χ0n) is 18.2. The second-order valence-electron chi connectivity index (χ2n) is 9.51. The van der Waals surface area contributed by atoms with E-state index in [0.29, 0.717) is 12.5 Å². The third-order valence-electron chi connectivity index (χ3n) is 7.30. The molecule has 29 heavy (non-hydrogen) atoms. The molecule has 1 amide bonds. The molecule has 4 rings (SSSR count). The topological polar surface area (TPSA) is 35.6 Å². The number of nitrogens with zero attached hydrogens (tertiary/aromatic N) is 2. The van der Waals surface area contributed by atoms with Gasteiger partial charge in [0.2, 0.25) is 5.91 Å². The predicted molar refractivity (Wildman–Crippen MR) is 119 cm³/mol. The number of hydrogen-bond donors (Lipinski definition) is 1. The van der Waals surface area contributed by atoms with Crippen LogP contribution in [0.5, 0.6) is 0 Å². The van der Waals surface area contributed by atoms with Crippen molar-refractivity contribution >= 4 is 5.91 Å². The highest BCUT2D eigenvalue weighted by atomic mass is 16.1. The number of piperidine rings is 2. The van der Waals surface area contributed by atoms with Gasteiger partial charge in [0.25, 0.3) is 0 Å². The van der Waals surface area contributed by atoms with Crippen molar-refractivity contribution in [2.75, 3.05) is 32.7 Å². The van der Waals surface area contributed by atoms with Crippen molar-refractivity contribution in [1.29, 1.82) is 0 Å². The molecule has 1 N–H and O–H groups in total. The van der Waals surface area contributed by atoms with E-state index in [-0.39, 0.29) is 5.91 Å². The van der Waals surface area contributed by atoms with E-state index in [1.54, 1.807) is 0 Å². The summed E-state index contributed by atoms with van der Waals surface area (Å²) in [6.45, 7) is 8.64. The number of rotatable bonds is 8. The van der Waals surface area contributed by atoms with Crippen LogP contribution in [-0.2, 0) is 17.6 Å². The van der Waals surface area contributed by atoms with Crippen molar-refractivity contribution in [2.24, 2.45) is 5.92 Å². The molecule has 0 aromatic heterocycles. The van der Waals surface area contributed by atoms with E-state index in [2.05, 4.69) is 46.3 Å². The molecule has 4 nitrogen and oxygen atoms in total. The molecule has 0 spiro atoms. The Kier molecular flexibility index (Phi) is 7.25. The van der Waals surface area contributed by atoms with Gasteiger partial charge >= 0.3 is 0 Å². The van der Waals surface area contributed by atoms with E-state index in [1.807, 2.05) is 0 Å². The molecule has 2 heterocycles. The molecular weight excluding hydrogens is 358 g/mol. The Balaban J connectivity index is 1.16. The predicted octanol–water partition coefficient (Wildman–Crippen LogP) is 3.64. The molecule has 2 aliphatic heterocycles. The highest BCUT2D eigenvalue weighted by Crippen LogP contribution is 2.26. The summed E-state index contributed by atoms with van der Waals surface area (Å²) in [6.07, 6.45) is 10.4. The number of carbonyl (C=O) groups excluding carboxylic acids is 1. The van der Waals surface area contributed by atoms with Gasteiger partial charge in [-0.3, -0.25) is 4.79 Å². The number of benzene rings is 1. The van der Waals surface area contributed by atoms with Crippen molar-refractivity contribution in [1.82, 2.24) is 15.1 Å². The molecule has 0 bridgehead atoms. The second kappa shape index (κ2) is 10.1. The number of aryl methyl sites for hydroxylation is 1. The van der Waals surface area contributed by atoms with Gasteiger partial charge in [0.15, 0.2) is 0 Å². The van der Waals surface area contributed by atoms with Crippen molar-refractivity contribution in [3.63, 3.8) is 0 Å². The number of likely N-dealkylation sites (tertiary alicyclic amines) is 2. The van der Waals surface area contributed by atoms with Crippen LogP contribution in [0, 0.1) is 5.92 Å². The number of amides is 1. The number of carbonyl (C=O) groups is 1. The maximum absolute atomic E-state index is 11.9. The standard InChI is InChI=1S/C25H39N3O/c1-2-27-15-13-24(14-16-27)28-17-11-22(12-18-28)19-21-5-3-20(4-6-21)7-10-25(29)26-23-8-9-23/h3-6,22-24H,2,7-19H2,1H3,(H,26,29). The van der Waals surface area contributed by atoms with Gasteiger partial charge in [0.05, 0.1) is 0 Å². The normalized spacial score (nSPS) is 22.7. The lowest BCUT2D eigenvalue weighted by Gasteiger charge is -2.41. The summed E-state index contributed by atoms with van der Waals surface area (Å²) in [4.78, 5) is 17.2. The fourth-order valence-corrected chi connectivity index (χ4v) is 5.08. The van der Waals surface area contributed by atoms with E-state index in [4.69, 9.17) is 0 Å². The van der Waals surface area contributed by atoms with Crippen LogP contribution in [0.4, 0.5) is 0 Å². The minimum Gasteiger partial charge on any atom is -0.353 e. The highest BCUT2D eigenvalue weighted by molar-refractivity contribution is 5.76. The Morgan fingerprint density at radius 1 is 0.931 bits per heavy atom. The third kappa shape index (κ3) is 6.29. The minimum absolute atomic E-state index is 0.212. The van der Waals surface area contributed by atoms with Crippen molar-refractivity contribution in [3.8, 4) is 0 Å². The van der Waals surface area contributed by atoms with Crippen LogP contribution in [-0.4, -0.2) is 60.5 Å². The number of nitrogens with one attached hydrogen (secondary N) is 1. The molecule has 1 saturated carbocycles. The third-order valence-corrected chi connectivity index (χ3v) is 7.30. The van der Waals surface area contributed by atoms with Gasteiger partial charge in [-0.25, -0.2) is 0 Å². The van der Waals surface area contributed by atoms with E-state index < -0.39 is 0 Å². The summed E-state index contributed by atoms with van der Waals surface area (Å²) < 4.78 is 0. The summed E-state index contributed by atoms with van der Waals surface area (Å²) in [6, 6.07) is 10.4. The van der Waals surface area contributed by atoms with Crippen LogP contribution >= 0.6 is 0 Å². The average molecular weight is 398 g/mol. The zero-order valence-corrected chi connectivity index (χ0v) is 18.2. The van der Waals surface area contributed by atoms with Gasteiger partial charge in [0, 0.05) is 18.5 Å². The summed E-state index contributed by atoms with van der Waals surface area (Å²) in [5.74, 6) is 1.04. The van der Waals surface area contributed by atoms with Gasteiger partial charge in [-0.15, -0.1) is 0 Å². The molecular formula is C25H39N3O. The molecule has 0 unspecified atom stereocenters. The average Bonchev–Trinajstić information content (AvgIpc) is 3.58. The van der Waals surface area contributed by atoms with E-state index in [0.717, 1.165) is 31.2 Å². The van der Waals surface area contributed by atoms with Crippen LogP contribution < -0.4 is 5.32 Å². The molecule has 0 radical (unpaired) electrons. The molecule has 0 atom stereocenters. The van der Waals surface area contributed by atoms with Crippen molar-refractivity contribution in [3.05, 3.63) is 35.4 Å². The molecule has 4 heteroatoms. The summed E-state index contributed by atoms with van der Waals surface area (Å²) in [5.41, 5.74) is 2.75. The SMILES string of the molecule is CCN1CCC(N2CCC(Cc3ccc(CCC(=O)NC4CC4)cc3)CC2)CC1. The minimum atomic E-state index is 0.212. The smallest absolute Gasteiger partial charge is 0.220 e. The fourth-order valence-electron chi connectivity index (χ4n) is 5.08. The zero-order chi connectivity index (χ0) is 20.1. The number of hydrogen-bond acceptors (Lipinski definition) is 3. The van der Waals surface area contributed by atoms with Gasteiger partial charge in [-0.1, -0.05) is 31.2 Å². The Morgan fingerprint density at radius 3 is 2.21 bits per heavy atom. The molecule has 160 valence electrons. The maximum Gasteiger partial charge on any atom is 0.220 e. The molecule has 3 aliphatic rings. The first kappa shape index (κ1) is 20.9. The van der Waals surface area contributed by atoms with E-state index in [9.17, 15) is 4.79 Å². The van der Waals surface area contributed by atoms with E-state index >= 15 is 0 Å². The molecule has 1 aromatic rings. The molecule has 2 saturated heterocycles. The molecule has 1 aliphatic carbocycles. The van der Waals surface area contributed by atoms with Crippen molar-refractivity contribution < 1.29 is 4.79 Å². The summed E-state index contributed by atoms with van der Waals surface area (Å²) >= 11 is 0. The monoisotopic (exact) mass is 397 g/mol. The molecule has 1 aromatic carbocycles. The van der Waals surface area contributed by atoms with Gasteiger partial charge in [0.1, 0.15) is 0 Å². The van der Waals surface area contributed by atoms with Crippen LogP contribution in [0.3, 0.4) is 0 Å². The Morgan fingerprint density at radius 2 is 1.59 bits per heavy atom. The first-order valence-corrected chi connectivity index (χ1v) is 12.0. The van der Waals surface area contributed by atoms with Gasteiger partial charge in [-0.05, 0) is 101 Å².